The van der Waals surface area contributed by atoms with Gasteiger partial charge in [-0.3, -0.25) is 4.79 Å². The van der Waals surface area contributed by atoms with Crippen molar-refractivity contribution in [3.05, 3.63) is 29.8 Å². The third-order valence-electron chi connectivity index (χ3n) is 2.59. The summed E-state index contributed by atoms with van der Waals surface area (Å²) in [5.74, 6) is -0.323. The maximum absolute atomic E-state index is 11.8. The van der Waals surface area contributed by atoms with Gasteiger partial charge in [0.25, 0.3) is 5.91 Å². The standard InChI is InChI=1S/C12H17NO4S/c1-3-10(8-14)13-12(15)9-4-6-11(7-5-9)18(2,16)17/h4-7,10,14H,3,8H2,1-2H3,(H,13,15). The Morgan fingerprint density at radius 2 is 1.89 bits per heavy atom. The van der Waals surface area contributed by atoms with Gasteiger partial charge in [0.05, 0.1) is 17.5 Å². The Balaban J connectivity index is 2.83. The average molecular weight is 271 g/mol. The first-order chi connectivity index (χ1) is 8.38. The van der Waals surface area contributed by atoms with Gasteiger partial charge in [0.2, 0.25) is 0 Å². The second-order valence-electron chi connectivity index (χ2n) is 4.06. The predicted molar refractivity (Wildman–Crippen MR) is 68.2 cm³/mol. The summed E-state index contributed by atoms with van der Waals surface area (Å²) in [7, 11) is -3.25. The van der Waals surface area contributed by atoms with E-state index in [0.717, 1.165) is 6.26 Å². The van der Waals surface area contributed by atoms with E-state index in [1.165, 1.54) is 24.3 Å². The zero-order valence-electron chi connectivity index (χ0n) is 10.4. The number of amides is 1. The summed E-state index contributed by atoms with van der Waals surface area (Å²) in [5, 5.41) is 11.6. The average Bonchev–Trinajstić information content (AvgIpc) is 2.34. The van der Waals surface area contributed by atoms with E-state index in [0.29, 0.717) is 12.0 Å². The molecule has 0 saturated carbocycles. The molecule has 0 radical (unpaired) electrons. The number of benzene rings is 1. The first kappa shape index (κ1) is 14.7. The Bertz CT molecular complexity index is 503. The van der Waals surface area contributed by atoms with Crippen molar-refractivity contribution >= 4 is 15.7 Å². The van der Waals surface area contributed by atoms with Gasteiger partial charge in [-0.2, -0.15) is 0 Å². The van der Waals surface area contributed by atoms with Crippen molar-refractivity contribution in [3.8, 4) is 0 Å². The predicted octanol–water partition coefficient (Wildman–Crippen LogP) is 0.591. The first-order valence-electron chi connectivity index (χ1n) is 5.60. The lowest BCUT2D eigenvalue weighted by Gasteiger charge is -2.13. The smallest absolute Gasteiger partial charge is 0.251 e. The van der Waals surface area contributed by atoms with Gasteiger partial charge >= 0.3 is 0 Å². The Morgan fingerprint density at radius 1 is 1.33 bits per heavy atom. The van der Waals surface area contributed by atoms with Crippen LogP contribution in [0.25, 0.3) is 0 Å². The van der Waals surface area contributed by atoms with Crippen LogP contribution < -0.4 is 5.32 Å². The van der Waals surface area contributed by atoms with Crippen molar-refractivity contribution in [2.45, 2.75) is 24.3 Å². The molecule has 0 aromatic heterocycles. The van der Waals surface area contributed by atoms with Crippen LogP contribution in [0.5, 0.6) is 0 Å². The third-order valence-corrected chi connectivity index (χ3v) is 3.72. The third kappa shape index (κ3) is 3.82. The first-order valence-corrected chi connectivity index (χ1v) is 7.49. The maximum atomic E-state index is 11.8. The lowest BCUT2D eigenvalue weighted by atomic mass is 10.2. The summed E-state index contributed by atoms with van der Waals surface area (Å²) in [6.07, 6.45) is 1.74. The van der Waals surface area contributed by atoms with Crippen LogP contribution >= 0.6 is 0 Å². The van der Waals surface area contributed by atoms with Crippen LogP contribution in [0.15, 0.2) is 29.2 Å². The number of nitrogens with one attached hydrogen (secondary N) is 1. The number of sulfone groups is 1. The van der Waals surface area contributed by atoms with Crippen molar-refractivity contribution in [2.24, 2.45) is 0 Å². The monoisotopic (exact) mass is 271 g/mol. The molecule has 1 rings (SSSR count). The normalized spacial score (nSPS) is 13.1. The molecule has 1 amide bonds. The fraction of sp³-hybridized carbons (Fsp3) is 0.417. The molecule has 1 unspecified atom stereocenters. The van der Waals surface area contributed by atoms with Gasteiger partial charge in [0.15, 0.2) is 9.84 Å². The number of hydrogen-bond acceptors (Lipinski definition) is 4. The van der Waals surface area contributed by atoms with Crippen LogP contribution in [-0.2, 0) is 9.84 Å². The van der Waals surface area contributed by atoms with Crippen LogP contribution in [0, 0.1) is 0 Å². The molecule has 0 bridgehead atoms. The van der Waals surface area contributed by atoms with Crippen molar-refractivity contribution < 1.29 is 18.3 Å². The molecule has 0 saturated heterocycles. The second-order valence-corrected chi connectivity index (χ2v) is 6.07. The summed E-state index contributed by atoms with van der Waals surface area (Å²) < 4.78 is 22.5. The van der Waals surface area contributed by atoms with Crippen molar-refractivity contribution in [3.63, 3.8) is 0 Å². The van der Waals surface area contributed by atoms with Gasteiger partial charge in [0, 0.05) is 11.8 Å². The van der Waals surface area contributed by atoms with Crippen molar-refractivity contribution in [2.75, 3.05) is 12.9 Å². The van der Waals surface area contributed by atoms with Crippen LogP contribution in [0.2, 0.25) is 0 Å². The lowest BCUT2D eigenvalue weighted by Crippen LogP contribution is -2.36. The number of aliphatic hydroxyl groups excluding tert-OH is 1. The van der Waals surface area contributed by atoms with E-state index in [-0.39, 0.29) is 23.5 Å². The number of carbonyl (C=O) groups excluding carboxylic acids is 1. The Kier molecular flexibility index (Phi) is 4.86. The highest BCUT2D eigenvalue weighted by atomic mass is 32.2. The molecule has 100 valence electrons. The van der Waals surface area contributed by atoms with Gasteiger partial charge < -0.3 is 10.4 Å². The molecule has 0 heterocycles. The topological polar surface area (TPSA) is 83.5 Å². The molecule has 1 atom stereocenters. The highest BCUT2D eigenvalue weighted by Gasteiger charge is 2.12. The quantitative estimate of drug-likeness (QED) is 0.821. The van der Waals surface area contributed by atoms with Crippen LogP contribution in [0.4, 0.5) is 0 Å². The molecule has 0 fully saturated rings. The fourth-order valence-corrected chi connectivity index (χ4v) is 2.03. The highest BCUT2D eigenvalue weighted by Crippen LogP contribution is 2.10. The van der Waals surface area contributed by atoms with Crippen molar-refractivity contribution in [1.29, 1.82) is 0 Å². The second kappa shape index (κ2) is 5.97. The van der Waals surface area contributed by atoms with Crippen LogP contribution in [-0.4, -0.2) is 38.3 Å². The minimum absolute atomic E-state index is 0.121. The molecular formula is C12H17NO4S. The molecule has 2 N–H and O–H groups in total. The Hall–Kier alpha value is -1.40. The molecule has 0 aliphatic heterocycles. The number of rotatable bonds is 5. The molecule has 6 heteroatoms. The zero-order valence-corrected chi connectivity index (χ0v) is 11.2. The number of hydrogen-bond donors (Lipinski definition) is 2. The van der Waals surface area contributed by atoms with E-state index >= 15 is 0 Å². The van der Waals surface area contributed by atoms with Gasteiger partial charge in [-0.1, -0.05) is 6.92 Å². The van der Waals surface area contributed by atoms with Crippen LogP contribution in [0.3, 0.4) is 0 Å². The summed E-state index contributed by atoms with van der Waals surface area (Å²) in [5.41, 5.74) is 0.370. The van der Waals surface area contributed by atoms with E-state index in [4.69, 9.17) is 5.11 Å². The minimum Gasteiger partial charge on any atom is -0.394 e. The van der Waals surface area contributed by atoms with Gasteiger partial charge in [-0.15, -0.1) is 0 Å². The molecule has 0 aliphatic rings. The Labute approximate surface area is 107 Å². The van der Waals surface area contributed by atoms with E-state index < -0.39 is 9.84 Å². The molecule has 1 aromatic rings. The molecule has 0 aliphatic carbocycles. The van der Waals surface area contributed by atoms with E-state index in [2.05, 4.69) is 5.32 Å². The fourth-order valence-electron chi connectivity index (χ4n) is 1.40. The minimum atomic E-state index is -3.25. The van der Waals surface area contributed by atoms with Crippen LogP contribution in [0.1, 0.15) is 23.7 Å². The lowest BCUT2D eigenvalue weighted by molar-refractivity contribution is 0.0915. The SMILES string of the molecule is CCC(CO)NC(=O)c1ccc(S(C)(=O)=O)cc1. The highest BCUT2D eigenvalue weighted by molar-refractivity contribution is 7.90. The van der Waals surface area contributed by atoms with E-state index in [9.17, 15) is 13.2 Å². The molecule has 18 heavy (non-hydrogen) atoms. The zero-order chi connectivity index (χ0) is 13.8. The largest absolute Gasteiger partial charge is 0.394 e. The Morgan fingerprint density at radius 3 is 2.28 bits per heavy atom. The van der Waals surface area contributed by atoms with Crippen molar-refractivity contribution in [1.82, 2.24) is 5.32 Å². The summed E-state index contributed by atoms with van der Waals surface area (Å²) in [4.78, 5) is 11.9. The maximum Gasteiger partial charge on any atom is 0.251 e. The molecule has 5 nitrogen and oxygen atoms in total. The van der Waals surface area contributed by atoms with Gasteiger partial charge in [0.1, 0.15) is 0 Å². The molecule has 1 aromatic carbocycles. The summed E-state index contributed by atoms with van der Waals surface area (Å²) in [6.45, 7) is 1.73. The van der Waals surface area contributed by atoms with E-state index in [1.807, 2.05) is 6.92 Å². The summed E-state index contributed by atoms with van der Waals surface area (Å²) in [6, 6.07) is 5.41. The molecular weight excluding hydrogens is 254 g/mol. The van der Waals surface area contributed by atoms with Gasteiger partial charge in [-0.05, 0) is 30.7 Å². The summed E-state index contributed by atoms with van der Waals surface area (Å²) >= 11 is 0. The number of aliphatic hydroxyl groups is 1. The number of carbonyl (C=O) groups is 1. The van der Waals surface area contributed by atoms with Gasteiger partial charge in [-0.25, -0.2) is 8.42 Å². The molecule has 0 spiro atoms. The van der Waals surface area contributed by atoms with E-state index in [1.54, 1.807) is 0 Å².